The van der Waals surface area contributed by atoms with Gasteiger partial charge in [0.1, 0.15) is 6.54 Å². The van der Waals surface area contributed by atoms with E-state index in [1.807, 2.05) is 6.92 Å². The molecule has 1 fully saturated rings. The van der Waals surface area contributed by atoms with Crippen molar-refractivity contribution in [3.05, 3.63) is 0 Å². The Morgan fingerprint density at radius 1 is 1.56 bits per heavy atom. The van der Waals surface area contributed by atoms with Crippen LogP contribution in [-0.2, 0) is 9.53 Å². The van der Waals surface area contributed by atoms with Crippen molar-refractivity contribution in [2.45, 2.75) is 25.9 Å². The number of rotatable bonds is 5. The highest BCUT2D eigenvalue weighted by atomic mass is 16.5. The minimum atomic E-state index is -1.04. The Morgan fingerprint density at radius 3 is 2.81 bits per heavy atom. The summed E-state index contributed by atoms with van der Waals surface area (Å²) in [4.78, 5) is 23.4. The number of carboxylic acids is 1. The maximum Gasteiger partial charge on any atom is 0.323 e. The zero-order valence-corrected chi connectivity index (χ0v) is 9.44. The predicted octanol–water partition coefficient (Wildman–Crippen LogP) is 0.281. The molecule has 1 atom stereocenters. The highest BCUT2D eigenvalue weighted by Gasteiger charge is 2.21. The van der Waals surface area contributed by atoms with Gasteiger partial charge in [0.2, 0.25) is 0 Å². The van der Waals surface area contributed by atoms with Gasteiger partial charge >= 0.3 is 12.0 Å². The third-order valence-electron chi connectivity index (χ3n) is 2.51. The summed E-state index contributed by atoms with van der Waals surface area (Å²) in [5, 5.41) is 10.8. The molecule has 0 saturated carbocycles. The Bertz CT molecular complexity index is 251. The summed E-state index contributed by atoms with van der Waals surface area (Å²) in [6.45, 7) is 3.34. The Labute approximate surface area is 94.6 Å². The van der Waals surface area contributed by atoms with Crippen LogP contribution in [0.2, 0.25) is 0 Å². The third-order valence-corrected chi connectivity index (χ3v) is 2.51. The standard InChI is InChI=1S/C10H18N2O4/c1-2-12(7-8-4-3-5-16-8)10(15)11-6-9(13)14/h8H,2-7H2,1H3,(H,11,15)(H,13,14). The first kappa shape index (κ1) is 12.8. The van der Waals surface area contributed by atoms with Gasteiger partial charge in [-0.2, -0.15) is 0 Å². The van der Waals surface area contributed by atoms with Crippen molar-refractivity contribution in [3.8, 4) is 0 Å². The molecule has 0 aliphatic carbocycles. The van der Waals surface area contributed by atoms with Crippen LogP contribution in [0.5, 0.6) is 0 Å². The monoisotopic (exact) mass is 230 g/mol. The molecule has 1 heterocycles. The normalized spacial score (nSPS) is 19.4. The quantitative estimate of drug-likeness (QED) is 0.711. The fourth-order valence-electron chi connectivity index (χ4n) is 1.65. The maximum absolute atomic E-state index is 11.6. The van der Waals surface area contributed by atoms with Gasteiger partial charge in [0.15, 0.2) is 0 Å². The lowest BCUT2D eigenvalue weighted by atomic mass is 10.2. The van der Waals surface area contributed by atoms with Crippen LogP contribution in [0.3, 0.4) is 0 Å². The van der Waals surface area contributed by atoms with Crippen LogP contribution in [0.4, 0.5) is 4.79 Å². The van der Waals surface area contributed by atoms with E-state index in [1.165, 1.54) is 0 Å². The Balaban J connectivity index is 2.33. The van der Waals surface area contributed by atoms with Crippen molar-refractivity contribution in [3.63, 3.8) is 0 Å². The van der Waals surface area contributed by atoms with Gasteiger partial charge in [-0.3, -0.25) is 4.79 Å². The summed E-state index contributed by atoms with van der Waals surface area (Å²) in [7, 11) is 0. The van der Waals surface area contributed by atoms with E-state index in [-0.39, 0.29) is 18.7 Å². The van der Waals surface area contributed by atoms with Crippen LogP contribution >= 0.6 is 0 Å². The second kappa shape index (κ2) is 6.32. The first-order chi connectivity index (χ1) is 7.63. The number of aliphatic carboxylic acids is 1. The van der Waals surface area contributed by atoms with Crippen LogP contribution in [-0.4, -0.2) is 54.4 Å². The van der Waals surface area contributed by atoms with E-state index in [0.29, 0.717) is 13.1 Å². The topological polar surface area (TPSA) is 78.9 Å². The molecule has 2 amide bonds. The number of nitrogens with one attached hydrogen (secondary N) is 1. The smallest absolute Gasteiger partial charge is 0.323 e. The maximum atomic E-state index is 11.6. The second-order valence-corrected chi connectivity index (χ2v) is 3.73. The van der Waals surface area contributed by atoms with Gasteiger partial charge < -0.3 is 20.1 Å². The minimum Gasteiger partial charge on any atom is -0.480 e. The van der Waals surface area contributed by atoms with E-state index < -0.39 is 5.97 Å². The molecule has 6 nitrogen and oxygen atoms in total. The van der Waals surface area contributed by atoms with E-state index in [2.05, 4.69) is 5.32 Å². The van der Waals surface area contributed by atoms with Crippen molar-refractivity contribution in [2.75, 3.05) is 26.2 Å². The molecule has 0 spiro atoms. The molecule has 16 heavy (non-hydrogen) atoms. The minimum absolute atomic E-state index is 0.0931. The number of carboxylic acid groups (broad SMARTS) is 1. The summed E-state index contributed by atoms with van der Waals surface area (Å²) in [5.74, 6) is -1.04. The number of hydrogen-bond donors (Lipinski definition) is 2. The molecular formula is C10H18N2O4. The fraction of sp³-hybridized carbons (Fsp3) is 0.800. The molecule has 6 heteroatoms. The average Bonchev–Trinajstić information content (AvgIpc) is 2.75. The lowest BCUT2D eigenvalue weighted by Crippen LogP contribution is -2.45. The van der Waals surface area contributed by atoms with Gasteiger partial charge in [0.25, 0.3) is 0 Å². The molecular weight excluding hydrogens is 212 g/mol. The Kier molecular flexibility index (Phi) is 5.04. The molecule has 1 unspecified atom stereocenters. The van der Waals surface area contributed by atoms with Gasteiger partial charge in [0, 0.05) is 19.7 Å². The fourth-order valence-corrected chi connectivity index (χ4v) is 1.65. The molecule has 1 aliphatic rings. The molecule has 1 saturated heterocycles. The van der Waals surface area contributed by atoms with Crippen molar-refractivity contribution in [2.24, 2.45) is 0 Å². The van der Waals surface area contributed by atoms with Crippen LogP contribution in [0, 0.1) is 0 Å². The van der Waals surface area contributed by atoms with Crippen LogP contribution in [0.15, 0.2) is 0 Å². The first-order valence-corrected chi connectivity index (χ1v) is 5.49. The van der Waals surface area contributed by atoms with Crippen molar-refractivity contribution < 1.29 is 19.4 Å². The number of nitrogens with zero attached hydrogens (tertiary/aromatic N) is 1. The van der Waals surface area contributed by atoms with Gasteiger partial charge in [-0.15, -0.1) is 0 Å². The van der Waals surface area contributed by atoms with Gasteiger partial charge in [-0.1, -0.05) is 0 Å². The highest BCUT2D eigenvalue weighted by Crippen LogP contribution is 2.13. The molecule has 0 radical (unpaired) electrons. The highest BCUT2D eigenvalue weighted by molar-refractivity contribution is 5.79. The second-order valence-electron chi connectivity index (χ2n) is 3.73. The number of amides is 2. The third kappa shape index (κ3) is 4.06. The molecule has 92 valence electrons. The molecule has 0 aromatic heterocycles. The van der Waals surface area contributed by atoms with E-state index in [1.54, 1.807) is 4.90 Å². The number of ether oxygens (including phenoxy) is 1. The zero-order chi connectivity index (χ0) is 12.0. The van der Waals surface area contributed by atoms with Crippen molar-refractivity contribution in [1.82, 2.24) is 10.2 Å². The predicted molar refractivity (Wildman–Crippen MR) is 57.3 cm³/mol. The largest absolute Gasteiger partial charge is 0.480 e. The van der Waals surface area contributed by atoms with Gasteiger partial charge in [-0.05, 0) is 19.8 Å². The zero-order valence-electron chi connectivity index (χ0n) is 9.44. The van der Waals surface area contributed by atoms with Crippen LogP contribution in [0.25, 0.3) is 0 Å². The van der Waals surface area contributed by atoms with Crippen molar-refractivity contribution in [1.29, 1.82) is 0 Å². The number of carbonyl (C=O) groups is 2. The van der Waals surface area contributed by atoms with E-state index in [0.717, 1.165) is 19.4 Å². The van der Waals surface area contributed by atoms with Crippen LogP contribution < -0.4 is 5.32 Å². The Morgan fingerprint density at radius 2 is 2.31 bits per heavy atom. The molecule has 0 bridgehead atoms. The van der Waals surface area contributed by atoms with E-state index in [4.69, 9.17) is 9.84 Å². The molecule has 2 N–H and O–H groups in total. The summed E-state index contributed by atoms with van der Waals surface area (Å²) in [6.07, 6.45) is 2.08. The van der Waals surface area contributed by atoms with Gasteiger partial charge in [0.05, 0.1) is 6.10 Å². The average molecular weight is 230 g/mol. The van der Waals surface area contributed by atoms with Crippen molar-refractivity contribution >= 4 is 12.0 Å². The number of carbonyl (C=O) groups excluding carboxylic acids is 1. The van der Waals surface area contributed by atoms with E-state index in [9.17, 15) is 9.59 Å². The lowest BCUT2D eigenvalue weighted by Gasteiger charge is -2.23. The lowest BCUT2D eigenvalue weighted by molar-refractivity contribution is -0.135. The summed E-state index contributed by atoms with van der Waals surface area (Å²) in [5.41, 5.74) is 0. The van der Waals surface area contributed by atoms with Crippen LogP contribution in [0.1, 0.15) is 19.8 Å². The molecule has 0 aromatic carbocycles. The Hall–Kier alpha value is -1.30. The molecule has 1 aliphatic heterocycles. The number of likely N-dealkylation sites (N-methyl/N-ethyl adjacent to an activating group) is 1. The van der Waals surface area contributed by atoms with Gasteiger partial charge in [-0.25, -0.2) is 4.79 Å². The summed E-state index contributed by atoms with van der Waals surface area (Å²) >= 11 is 0. The summed E-state index contributed by atoms with van der Waals surface area (Å²) < 4.78 is 5.42. The SMILES string of the molecule is CCN(CC1CCCO1)C(=O)NCC(=O)O. The number of hydrogen-bond acceptors (Lipinski definition) is 3. The first-order valence-electron chi connectivity index (χ1n) is 5.49. The summed E-state index contributed by atoms with van der Waals surface area (Å²) in [6, 6.07) is -0.347. The molecule has 1 rings (SSSR count). The van der Waals surface area contributed by atoms with E-state index >= 15 is 0 Å². The molecule has 0 aromatic rings. The number of urea groups is 1.